The number of carboxylic acid groups (broad SMARTS) is 1. The number of hydrogen-bond acceptors (Lipinski definition) is 7. The zero-order valence-electron chi connectivity index (χ0n) is 24.2. The Morgan fingerprint density at radius 3 is 2.44 bits per heavy atom. The van der Waals surface area contributed by atoms with Crippen LogP contribution in [0.5, 0.6) is 0 Å². The number of sulfonamides is 1. The van der Waals surface area contributed by atoms with Crippen LogP contribution in [0.4, 0.5) is 5.69 Å². The van der Waals surface area contributed by atoms with Gasteiger partial charge in [0.25, 0.3) is 10.0 Å². The first-order chi connectivity index (χ1) is 20.4. The van der Waals surface area contributed by atoms with Crippen LogP contribution in [0.3, 0.4) is 0 Å². The number of nitrogens with zero attached hydrogens (tertiary/aromatic N) is 2. The summed E-state index contributed by atoms with van der Waals surface area (Å²) in [6, 6.07) is 9.25. The number of carbonyl (C=O) groups excluding carboxylic acids is 1. The molecule has 2 bridgehead atoms. The minimum Gasteiger partial charge on any atom is -0.477 e. The molecular formula is C32H37N3O6S2. The van der Waals surface area contributed by atoms with E-state index in [-0.39, 0.29) is 17.1 Å². The fourth-order valence-electron chi connectivity index (χ4n) is 8.43. The van der Waals surface area contributed by atoms with Gasteiger partial charge in [-0.2, -0.15) is 0 Å². The first-order valence-electron chi connectivity index (χ1n) is 15.0. The van der Waals surface area contributed by atoms with Crippen LogP contribution in [0.15, 0.2) is 58.1 Å². The Morgan fingerprint density at radius 1 is 1.14 bits per heavy atom. The van der Waals surface area contributed by atoms with Crippen molar-refractivity contribution in [2.24, 2.45) is 22.5 Å². The number of anilines is 1. The predicted molar refractivity (Wildman–Crippen MR) is 165 cm³/mol. The van der Waals surface area contributed by atoms with Crippen LogP contribution in [-0.4, -0.2) is 53.4 Å². The number of aliphatic hydroxyl groups excluding tert-OH is 1. The number of fused-ring (bicyclic) bond motifs is 4. The minimum atomic E-state index is -3.95. The maximum absolute atomic E-state index is 13.9. The highest BCUT2D eigenvalue weighted by Gasteiger charge is 2.58. The van der Waals surface area contributed by atoms with E-state index in [1.54, 1.807) is 12.1 Å². The largest absolute Gasteiger partial charge is 0.477 e. The average molecular weight is 624 g/mol. The summed E-state index contributed by atoms with van der Waals surface area (Å²) in [4.78, 5) is 26.6. The molecule has 8 rings (SSSR count). The second-order valence-corrected chi connectivity index (χ2v) is 16.4. The van der Waals surface area contributed by atoms with Gasteiger partial charge in [0.15, 0.2) is 0 Å². The number of hydrogen-bond donors (Lipinski definition) is 3. The molecular weight excluding hydrogens is 587 g/mol. The molecule has 3 heterocycles. The fourth-order valence-corrected chi connectivity index (χ4v) is 11.8. The van der Waals surface area contributed by atoms with Gasteiger partial charge in [0.05, 0.1) is 29.1 Å². The zero-order chi connectivity index (χ0) is 30.5. The number of aryl methyl sites for hydroxylation is 1. The number of amides is 1. The van der Waals surface area contributed by atoms with Crippen molar-refractivity contribution < 1.29 is 28.2 Å². The van der Waals surface area contributed by atoms with Crippen LogP contribution in [0, 0.1) is 16.7 Å². The molecule has 0 radical (unpaired) electrons. The third kappa shape index (κ3) is 4.25. The number of carbonyl (C=O) groups is 2. The van der Waals surface area contributed by atoms with Gasteiger partial charge in [-0.15, -0.1) is 0 Å². The summed E-state index contributed by atoms with van der Waals surface area (Å²) >= 11 is 1.15. The van der Waals surface area contributed by atoms with Crippen LogP contribution in [0.25, 0.3) is 10.8 Å². The lowest BCUT2D eigenvalue weighted by atomic mass is 9.51. The number of thioether (sulfide) groups is 1. The number of allylic oxidation sites excluding steroid dienone is 1. The molecule has 4 fully saturated rings. The Hall–Kier alpha value is -3.02. The summed E-state index contributed by atoms with van der Waals surface area (Å²) in [6.07, 6.45) is 9.05. The summed E-state index contributed by atoms with van der Waals surface area (Å²) in [5.41, 5.74) is 8.86. The van der Waals surface area contributed by atoms with E-state index >= 15 is 0 Å². The van der Waals surface area contributed by atoms with E-state index in [9.17, 15) is 28.2 Å². The number of aliphatic carboxylic acids is 1. The van der Waals surface area contributed by atoms with Gasteiger partial charge in [-0.3, -0.25) is 14.0 Å². The molecule has 11 heteroatoms. The Balaban J connectivity index is 1.16. The van der Waals surface area contributed by atoms with E-state index in [1.807, 2.05) is 18.2 Å². The first kappa shape index (κ1) is 28.7. The smallest absolute Gasteiger partial charge is 0.353 e. The lowest BCUT2D eigenvalue weighted by Crippen LogP contribution is -2.60. The van der Waals surface area contributed by atoms with Crippen molar-refractivity contribution in [3.8, 4) is 0 Å². The Kier molecular flexibility index (Phi) is 6.51. The minimum absolute atomic E-state index is 0.190. The summed E-state index contributed by atoms with van der Waals surface area (Å²) in [7, 11) is -3.95. The summed E-state index contributed by atoms with van der Waals surface area (Å²) in [5.74, 6) is -2.46. The molecule has 3 aliphatic carbocycles. The highest BCUT2D eigenvalue weighted by molar-refractivity contribution is 8.04. The molecule has 9 nitrogen and oxygen atoms in total. The molecule has 2 aromatic carbocycles. The van der Waals surface area contributed by atoms with Crippen molar-refractivity contribution in [2.75, 3.05) is 10.8 Å². The van der Waals surface area contributed by atoms with Gasteiger partial charge in [0.1, 0.15) is 11.1 Å². The predicted octanol–water partition coefficient (Wildman–Crippen LogP) is 4.69. The van der Waals surface area contributed by atoms with Gasteiger partial charge in [0.2, 0.25) is 5.91 Å². The maximum Gasteiger partial charge on any atom is 0.353 e. The van der Waals surface area contributed by atoms with Gasteiger partial charge < -0.3 is 15.9 Å². The second kappa shape index (κ2) is 9.74. The molecule has 3 aliphatic heterocycles. The molecule has 0 spiro atoms. The summed E-state index contributed by atoms with van der Waals surface area (Å²) in [6.45, 7) is 5.27. The quantitative estimate of drug-likeness (QED) is 0.342. The molecule has 228 valence electrons. The molecule has 4 N–H and O–H groups in total. The van der Waals surface area contributed by atoms with Gasteiger partial charge in [-0.25, -0.2) is 13.2 Å². The van der Waals surface area contributed by atoms with Crippen molar-refractivity contribution in [3.63, 3.8) is 0 Å². The topological polar surface area (TPSA) is 141 Å². The molecule has 3 atom stereocenters. The van der Waals surface area contributed by atoms with E-state index in [1.165, 1.54) is 54.7 Å². The van der Waals surface area contributed by atoms with Crippen LogP contribution in [-0.2, 0) is 26.0 Å². The van der Waals surface area contributed by atoms with E-state index in [0.29, 0.717) is 26.8 Å². The molecule has 1 saturated heterocycles. The zero-order valence-corrected chi connectivity index (χ0v) is 25.8. The van der Waals surface area contributed by atoms with Crippen LogP contribution >= 0.6 is 11.8 Å². The van der Waals surface area contributed by atoms with Crippen molar-refractivity contribution >= 4 is 50.1 Å². The third-order valence-electron chi connectivity index (χ3n) is 10.9. The van der Waals surface area contributed by atoms with Gasteiger partial charge in [-0.1, -0.05) is 36.5 Å². The Labute approximate surface area is 255 Å². The van der Waals surface area contributed by atoms with Crippen molar-refractivity contribution in [1.82, 2.24) is 4.90 Å². The Bertz CT molecular complexity index is 1710. The molecule has 0 aromatic heterocycles. The summed E-state index contributed by atoms with van der Waals surface area (Å²) in [5, 5.41) is 21.1. The van der Waals surface area contributed by atoms with Crippen molar-refractivity contribution in [3.05, 3.63) is 58.8 Å². The highest BCUT2D eigenvalue weighted by Crippen LogP contribution is 2.60. The van der Waals surface area contributed by atoms with E-state index in [0.717, 1.165) is 47.7 Å². The monoisotopic (exact) mass is 623 g/mol. The van der Waals surface area contributed by atoms with Gasteiger partial charge >= 0.3 is 5.97 Å². The first-order valence-corrected chi connectivity index (χ1v) is 17.3. The third-order valence-corrected chi connectivity index (χ3v) is 14.0. The summed E-state index contributed by atoms with van der Waals surface area (Å²) < 4.78 is 29.0. The molecule has 43 heavy (non-hydrogen) atoms. The SMILES string of the molecule is C=C(N)CC12CCC(CCc3ccc4c5c(cccc35)N(CC3=C(C(=O)O)N5C(=O)C(C(C)O)C5S3)S4(=O)=O)(CC1)CC2. The van der Waals surface area contributed by atoms with Gasteiger partial charge in [-0.05, 0) is 98.6 Å². The highest BCUT2D eigenvalue weighted by atomic mass is 32.2. The lowest BCUT2D eigenvalue weighted by Gasteiger charge is -2.54. The van der Waals surface area contributed by atoms with Gasteiger partial charge in [0, 0.05) is 16.0 Å². The van der Waals surface area contributed by atoms with E-state index in [4.69, 9.17) is 5.73 Å². The number of aliphatic hydroxyl groups is 1. The number of benzene rings is 2. The van der Waals surface area contributed by atoms with Crippen LogP contribution in [0.2, 0.25) is 0 Å². The van der Waals surface area contributed by atoms with Crippen molar-refractivity contribution in [1.29, 1.82) is 0 Å². The van der Waals surface area contributed by atoms with Crippen molar-refractivity contribution in [2.45, 2.75) is 81.1 Å². The standard InChI is InChI=1S/C32H37N3O6S2/c1-18(33)16-32-13-10-31(11-14-32,12-15-32)9-8-20-6-7-24-26-21(20)4-3-5-22(26)34(43(24,40)41)17-23-27(30(38)39)35-28(37)25(19(2)36)29(35)42-23/h3-7,19,25,29,36H,1,8-17,33H2,2H3,(H,38,39). The number of β-lactam (4-membered cyclic amide) rings is 1. The van der Waals surface area contributed by atoms with E-state index in [2.05, 4.69) is 6.58 Å². The molecule has 6 aliphatic rings. The molecule has 3 saturated carbocycles. The van der Waals surface area contributed by atoms with Crippen LogP contribution in [0.1, 0.15) is 63.9 Å². The maximum atomic E-state index is 13.9. The van der Waals surface area contributed by atoms with E-state index < -0.39 is 39.3 Å². The molecule has 3 unspecified atom stereocenters. The number of nitrogens with two attached hydrogens (primary N) is 1. The lowest BCUT2D eigenvalue weighted by molar-refractivity contribution is -0.156. The number of rotatable bonds is 9. The Morgan fingerprint density at radius 2 is 1.81 bits per heavy atom. The second-order valence-electron chi connectivity index (χ2n) is 13.3. The molecule has 1 amide bonds. The fraction of sp³-hybridized carbons (Fsp3) is 0.500. The van der Waals surface area contributed by atoms with Crippen LogP contribution < -0.4 is 10.0 Å². The average Bonchev–Trinajstić information content (AvgIpc) is 3.39. The molecule has 2 aromatic rings. The number of carboxylic acids is 1. The normalized spacial score (nSPS) is 31.0.